The Balaban J connectivity index is 1.97. The average Bonchev–Trinajstić information content (AvgIpc) is 3.24. The summed E-state index contributed by atoms with van der Waals surface area (Å²) in [5, 5.41) is 21.9. The Bertz CT molecular complexity index is 1150. The summed E-state index contributed by atoms with van der Waals surface area (Å²) in [6.45, 7) is 6.73. The molecule has 3 rings (SSSR count). The van der Waals surface area contributed by atoms with Gasteiger partial charge in [0.2, 0.25) is 23.6 Å². The molecule has 0 saturated carbocycles. The summed E-state index contributed by atoms with van der Waals surface area (Å²) in [7, 11) is 0. The van der Waals surface area contributed by atoms with E-state index in [4.69, 9.17) is 5.73 Å². The first-order valence-electron chi connectivity index (χ1n) is 11.7. The third-order valence-electron chi connectivity index (χ3n) is 5.89. The molecule has 1 aliphatic heterocycles. The Morgan fingerprint density at radius 2 is 1.69 bits per heavy atom. The van der Waals surface area contributed by atoms with Crippen LogP contribution in [0.15, 0.2) is 24.4 Å². The summed E-state index contributed by atoms with van der Waals surface area (Å²) in [5.74, 6) is -2.31. The van der Waals surface area contributed by atoms with Crippen molar-refractivity contribution < 1.29 is 24.3 Å². The molecule has 4 bridgehead atoms. The van der Waals surface area contributed by atoms with Gasteiger partial charge in [-0.2, -0.15) is 0 Å². The van der Waals surface area contributed by atoms with Gasteiger partial charge in [-0.1, -0.05) is 26.0 Å². The van der Waals surface area contributed by atoms with Crippen molar-refractivity contribution in [2.75, 3.05) is 5.32 Å². The molecule has 0 spiro atoms. The van der Waals surface area contributed by atoms with Crippen molar-refractivity contribution in [1.29, 1.82) is 0 Å². The number of anilines is 1. The van der Waals surface area contributed by atoms with Crippen molar-refractivity contribution in [2.24, 2.45) is 11.7 Å². The van der Waals surface area contributed by atoms with Crippen LogP contribution in [0, 0.1) is 5.92 Å². The third-order valence-corrected chi connectivity index (χ3v) is 6.82. The maximum absolute atomic E-state index is 13.0. The monoisotopic (exact) mass is 516 g/mol. The summed E-state index contributed by atoms with van der Waals surface area (Å²) >= 11 is 1.35. The molecule has 0 aliphatic carbocycles. The van der Waals surface area contributed by atoms with Gasteiger partial charge in [0.25, 0.3) is 0 Å². The van der Waals surface area contributed by atoms with Crippen LogP contribution in [-0.2, 0) is 32.0 Å². The molecule has 194 valence electrons. The first-order chi connectivity index (χ1) is 16.9. The van der Waals surface area contributed by atoms with Crippen molar-refractivity contribution in [1.82, 2.24) is 20.9 Å². The highest BCUT2D eigenvalue weighted by molar-refractivity contribution is 7.15. The number of carbonyl (C=O) groups excluding carboxylic acids is 4. The Hall–Kier alpha value is -3.67. The predicted molar refractivity (Wildman–Crippen MR) is 135 cm³/mol. The summed E-state index contributed by atoms with van der Waals surface area (Å²) in [5.41, 5.74) is 6.83. The maximum Gasteiger partial charge on any atom is 0.243 e. The molecule has 1 aromatic heterocycles. The van der Waals surface area contributed by atoms with Crippen LogP contribution in [0.3, 0.4) is 0 Å². The number of amides is 4. The lowest BCUT2D eigenvalue weighted by Gasteiger charge is -2.24. The largest absolute Gasteiger partial charge is 0.508 e. The van der Waals surface area contributed by atoms with Gasteiger partial charge in [-0.15, -0.1) is 11.3 Å². The van der Waals surface area contributed by atoms with Crippen molar-refractivity contribution in [3.8, 4) is 5.75 Å². The van der Waals surface area contributed by atoms with Crippen LogP contribution in [0.1, 0.15) is 43.7 Å². The molecule has 0 radical (unpaired) electrons. The average molecular weight is 517 g/mol. The lowest BCUT2D eigenvalue weighted by molar-refractivity contribution is -0.133. The number of benzene rings is 1. The van der Waals surface area contributed by atoms with E-state index in [0.29, 0.717) is 22.7 Å². The van der Waals surface area contributed by atoms with Gasteiger partial charge in [-0.05, 0) is 37.0 Å². The number of hydrogen-bond donors (Lipinski definition) is 6. The number of phenolic OH excluding ortho intramolecular Hbond substituents is 1. The van der Waals surface area contributed by atoms with E-state index in [1.54, 1.807) is 18.3 Å². The van der Waals surface area contributed by atoms with E-state index in [0.717, 1.165) is 4.88 Å². The van der Waals surface area contributed by atoms with Gasteiger partial charge < -0.3 is 32.1 Å². The fourth-order valence-corrected chi connectivity index (χ4v) is 4.62. The van der Waals surface area contributed by atoms with Gasteiger partial charge >= 0.3 is 0 Å². The number of aromatic nitrogens is 1. The molecule has 1 aromatic carbocycles. The smallest absolute Gasteiger partial charge is 0.243 e. The number of primary amides is 1. The normalized spacial score (nSPS) is 23.9. The number of carbonyl (C=O) groups is 4. The second-order valence-corrected chi connectivity index (χ2v) is 10.4. The Labute approximate surface area is 213 Å². The van der Waals surface area contributed by atoms with Gasteiger partial charge in [0, 0.05) is 23.9 Å². The molecule has 4 amide bonds. The van der Waals surface area contributed by atoms with Crippen molar-refractivity contribution in [2.45, 2.75) is 64.7 Å². The van der Waals surface area contributed by atoms with E-state index < -0.39 is 47.8 Å². The number of nitrogens with zero attached hydrogens (tertiary/aromatic N) is 1. The van der Waals surface area contributed by atoms with E-state index in [-0.39, 0.29) is 18.1 Å². The predicted octanol–water partition coefficient (Wildman–Crippen LogP) is 0.412. The minimum atomic E-state index is -1.03. The highest BCUT2D eigenvalue weighted by atomic mass is 32.1. The lowest BCUT2D eigenvalue weighted by Crippen LogP contribution is -2.56. The Morgan fingerprint density at radius 1 is 1.06 bits per heavy atom. The molecular weight excluding hydrogens is 484 g/mol. The minimum Gasteiger partial charge on any atom is -0.508 e. The fourth-order valence-electron chi connectivity index (χ4n) is 3.75. The zero-order valence-electron chi connectivity index (χ0n) is 20.6. The second kappa shape index (κ2) is 11.4. The van der Waals surface area contributed by atoms with Crippen LogP contribution < -0.4 is 27.0 Å². The lowest BCUT2D eigenvalue weighted by atomic mass is 10.0. The molecule has 0 saturated heterocycles. The number of rotatable bonds is 2. The molecule has 36 heavy (non-hydrogen) atoms. The third kappa shape index (κ3) is 6.72. The summed E-state index contributed by atoms with van der Waals surface area (Å²) in [6, 6.07) is 1.34. The zero-order chi connectivity index (χ0) is 26.6. The summed E-state index contributed by atoms with van der Waals surface area (Å²) in [6.07, 6.45) is 2.14. The highest BCUT2D eigenvalue weighted by Crippen LogP contribution is 2.27. The number of nitrogens with two attached hydrogens (primary N) is 1. The number of phenols is 1. The summed E-state index contributed by atoms with van der Waals surface area (Å²) < 4.78 is 0. The van der Waals surface area contributed by atoms with Crippen LogP contribution >= 0.6 is 11.3 Å². The van der Waals surface area contributed by atoms with Crippen LogP contribution in [0.4, 0.5) is 5.13 Å². The second-order valence-electron chi connectivity index (χ2n) is 9.27. The van der Waals surface area contributed by atoms with E-state index in [1.807, 2.05) is 13.8 Å². The van der Waals surface area contributed by atoms with Gasteiger partial charge in [-0.25, -0.2) is 4.98 Å². The number of aromatic hydroxyl groups is 1. The molecule has 11 nitrogen and oxygen atoms in total. The van der Waals surface area contributed by atoms with Crippen molar-refractivity contribution in [3.63, 3.8) is 0 Å². The standard InChI is InChI=1S/C24H32N6O5S/c1-11(2)19-23(35)28-12(3)21(33)27-13(4)22(34)29-17(20(25)32)8-14-5-6-18(31)15(7-14)9-16-10-26-24(30-19)36-16/h5-7,10-13,17,19,31H,8-9H2,1-4H3,(H2,25,32)(H,26,30)(H,27,33)(H,28,35)(H,29,34)/t12-,13-,17?,19+/m0/s1. The summed E-state index contributed by atoms with van der Waals surface area (Å²) in [4.78, 5) is 55.6. The van der Waals surface area contributed by atoms with Crippen molar-refractivity contribution in [3.05, 3.63) is 40.4 Å². The van der Waals surface area contributed by atoms with E-state index in [9.17, 15) is 24.3 Å². The molecule has 1 unspecified atom stereocenters. The zero-order valence-corrected chi connectivity index (χ0v) is 21.4. The fraction of sp³-hybridized carbons (Fsp3) is 0.458. The number of nitrogens with one attached hydrogen (secondary N) is 4. The molecule has 7 N–H and O–H groups in total. The molecule has 12 heteroatoms. The number of thiazole rings is 1. The van der Waals surface area contributed by atoms with Crippen LogP contribution in [-0.4, -0.2) is 57.9 Å². The minimum absolute atomic E-state index is 0.0805. The molecular formula is C24H32N6O5S. The van der Waals surface area contributed by atoms with E-state index >= 15 is 0 Å². The number of hydrogen-bond acceptors (Lipinski definition) is 8. The van der Waals surface area contributed by atoms with Crippen LogP contribution in [0.5, 0.6) is 5.75 Å². The van der Waals surface area contributed by atoms with E-state index in [2.05, 4.69) is 26.3 Å². The maximum atomic E-state index is 13.0. The quantitative estimate of drug-likeness (QED) is 0.335. The molecule has 2 aromatic rings. The van der Waals surface area contributed by atoms with Gasteiger partial charge in [0.05, 0.1) is 0 Å². The van der Waals surface area contributed by atoms with Gasteiger partial charge in [0.1, 0.15) is 29.9 Å². The SMILES string of the molecule is CC(C)[C@H]1Nc2ncc(s2)Cc2cc(ccc2O)CC(C(N)=O)NC(=O)[C@H](C)NC(=O)[C@H](C)NC1=O. The van der Waals surface area contributed by atoms with Gasteiger partial charge in [-0.3, -0.25) is 19.2 Å². The van der Waals surface area contributed by atoms with E-state index in [1.165, 1.54) is 31.3 Å². The molecule has 4 atom stereocenters. The first-order valence-corrected chi connectivity index (χ1v) is 12.5. The highest BCUT2D eigenvalue weighted by Gasteiger charge is 2.29. The molecule has 2 heterocycles. The Morgan fingerprint density at radius 3 is 2.33 bits per heavy atom. The Kier molecular flexibility index (Phi) is 8.51. The van der Waals surface area contributed by atoms with Crippen LogP contribution in [0.2, 0.25) is 0 Å². The molecule has 0 fully saturated rings. The van der Waals surface area contributed by atoms with Crippen LogP contribution in [0.25, 0.3) is 0 Å². The number of fused-ring (bicyclic) bond motifs is 4. The van der Waals surface area contributed by atoms with Gasteiger partial charge in [0.15, 0.2) is 5.13 Å². The first kappa shape index (κ1) is 26.9. The molecule has 1 aliphatic rings. The topological polar surface area (TPSA) is 176 Å². The van der Waals surface area contributed by atoms with Crippen molar-refractivity contribution >= 4 is 40.1 Å².